The fourth-order valence-corrected chi connectivity index (χ4v) is 2.80. The van der Waals surface area contributed by atoms with E-state index in [1.807, 2.05) is 11.9 Å². The highest BCUT2D eigenvalue weighted by Gasteiger charge is 2.54. The molecule has 1 aliphatic heterocycles. The fraction of sp³-hybridized carbons (Fsp3) is 0.923. The first-order valence-electron chi connectivity index (χ1n) is 6.56. The molecule has 0 spiro atoms. The minimum absolute atomic E-state index is 0. The Hall–Kier alpha value is -0.280. The van der Waals surface area contributed by atoms with Gasteiger partial charge in [-0.15, -0.1) is 12.4 Å². The first-order valence-corrected chi connectivity index (χ1v) is 6.56. The number of carbonyl (C=O) groups excluding carboxylic acids is 1. The second-order valence-corrected chi connectivity index (χ2v) is 5.69. The van der Waals surface area contributed by atoms with Gasteiger partial charge in [-0.1, -0.05) is 13.8 Å². The van der Waals surface area contributed by atoms with Crippen LogP contribution < -0.4 is 5.32 Å². The van der Waals surface area contributed by atoms with Gasteiger partial charge in [0.05, 0.1) is 0 Å². The molecule has 0 aromatic carbocycles. The molecule has 1 heterocycles. The summed E-state index contributed by atoms with van der Waals surface area (Å²) in [6.45, 7) is 6.54. The molecule has 1 saturated heterocycles. The number of piperidine rings is 1. The summed E-state index contributed by atoms with van der Waals surface area (Å²) >= 11 is 0. The molecule has 1 amide bonds. The van der Waals surface area contributed by atoms with Gasteiger partial charge in [0.15, 0.2) is 0 Å². The standard InChI is InChI=1S/C13H24N2O.ClH/c1-4-13(2)9-11(13)12(16)15(3)10-5-7-14-8-6-10;/h10-11,14H,4-9H2,1-3H3;1H. The van der Waals surface area contributed by atoms with Crippen LogP contribution in [0.2, 0.25) is 0 Å². The van der Waals surface area contributed by atoms with Crippen LogP contribution in [-0.2, 0) is 4.79 Å². The van der Waals surface area contributed by atoms with Crippen molar-refractivity contribution in [1.29, 1.82) is 0 Å². The van der Waals surface area contributed by atoms with Crippen molar-refractivity contribution in [2.75, 3.05) is 20.1 Å². The third kappa shape index (κ3) is 2.94. The van der Waals surface area contributed by atoms with Crippen LogP contribution in [0.3, 0.4) is 0 Å². The van der Waals surface area contributed by atoms with Crippen LogP contribution in [0, 0.1) is 11.3 Å². The predicted molar refractivity (Wildman–Crippen MR) is 72.4 cm³/mol. The van der Waals surface area contributed by atoms with Gasteiger partial charge < -0.3 is 10.2 Å². The minimum atomic E-state index is 0. The molecule has 2 unspecified atom stereocenters. The second kappa shape index (κ2) is 5.57. The maximum absolute atomic E-state index is 12.3. The van der Waals surface area contributed by atoms with Crippen molar-refractivity contribution in [1.82, 2.24) is 10.2 Å². The Bertz CT molecular complexity index is 279. The predicted octanol–water partition coefficient (Wildman–Crippen LogP) is 2.05. The van der Waals surface area contributed by atoms with Gasteiger partial charge in [0, 0.05) is 19.0 Å². The van der Waals surface area contributed by atoms with Gasteiger partial charge in [-0.05, 0) is 44.2 Å². The van der Waals surface area contributed by atoms with E-state index in [-0.39, 0.29) is 12.4 Å². The molecule has 4 heteroatoms. The Kier molecular flexibility index (Phi) is 4.85. The van der Waals surface area contributed by atoms with E-state index in [1.54, 1.807) is 0 Å². The Morgan fingerprint density at radius 1 is 1.41 bits per heavy atom. The highest BCUT2D eigenvalue weighted by molar-refractivity contribution is 5.85. The molecule has 1 saturated carbocycles. The molecule has 2 rings (SSSR count). The van der Waals surface area contributed by atoms with Crippen LogP contribution in [0.4, 0.5) is 0 Å². The summed E-state index contributed by atoms with van der Waals surface area (Å²) in [4.78, 5) is 14.3. The summed E-state index contributed by atoms with van der Waals surface area (Å²) in [6, 6.07) is 0.468. The number of hydrogen-bond donors (Lipinski definition) is 1. The van der Waals surface area contributed by atoms with E-state index in [2.05, 4.69) is 19.2 Å². The van der Waals surface area contributed by atoms with Crippen LogP contribution in [-0.4, -0.2) is 37.0 Å². The lowest BCUT2D eigenvalue weighted by atomic mass is 10.0. The molecule has 2 aliphatic rings. The van der Waals surface area contributed by atoms with Gasteiger partial charge in [-0.25, -0.2) is 0 Å². The van der Waals surface area contributed by atoms with E-state index in [0.717, 1.165) is 38.8 Å². The zero-order valence-electron chi connectivity index (χ0n) is 11.2. The number of nitrogens with zero attached hydrogens (tertiary/aromatic N) is 1. The van der Waals surface area contributed by atoms with Gasteiger partial charge in [-0.3, -0.25) is 4.79 Å². The molecule has 3 nitrogen and oxygen atoms in total. The number of nitrogens with one attached hydrogen (secondary N) is 1. The maximum atomic E-state index is 12.3. The molecule has 1 aliphatic carbocycles. The van der Waals surface area contributed by atoms with Crippen molar-refractivity contribution in [3.8, 4) is 0 Å². The van der Waals surface area contributed by atoms with Crippen molar-refractivity contribution in [3.63, 3.8) is 0 Å². The zero-order valence-corrected chi connectivity index (χ0v) is 12.0. The molecule has 0 aromatic heterocycles. The maximum Gasteiger partial charge on any atom is 0.226 e. The summed E-state index contributed by atoms with van der Waals surface area (Å²) in [7, 11) is 1.99. The van der Waals surface area contributed by atoms with E-state index in [9.17, 15) is 4.79 Å². The number of amides is 1. The Balaban J connectivity index is 0.00000144. The molecule has 0 aromatic rings. The van der Waals surface area contributed by atoms with E-state index in [1.165, 1.54) is 0 Å². The third-order valence-corrected chi connectivity index (χ3v) is 4.66. The minimum Gasteiger partial charge on any atom is -0.342 e. The smallest absolute Gasteiger partial charge is 0.226 e. The topological polar surface area (TPSA) is 32.3 Å². The normalized spacial score (nSPS) is 32.8. The first kappa shape index (κ1) is 14.8. The molecule has 1 N–H and O–H groups in total. The van der Waals surface area contributed by atoms with Crippen LogP contribution in [0.25, 0.3) is 0 Å². The molecule has 0 bridgehead atoms. The van der Waals surface area contributed by atoms with Gasteiger partial charge >= 0.3 is 0 Å². The Morgan fingerprint density at radius 2 is 2.00 bits per heavy atom. The van der Waals surface area contributed by atoms with Crippen molar-refractivity contribution < 1.29 is 4.79 Å². The highest BCUT2D eigenvalue weighted by atomic mass is 35.5. The summed E-state index contributed by atoms with van der Waals surface area (Å²) in [5, 5.41) is 3.34. The lowest BCUT2D eigenvalue weighted by Crippen LogP contribution is -2.44. The van der Waals surface area contributed by atoms with Crippen LogP contribution in [0.5, 0.6) is 0 Å². The monoisotopic (exact) mass is 260 g/mol. The molecular weight excluding hydrogens is 236 g/mol. The van der Waals surface area contributed by atoms with Crippen LogP contribution in [0.1, 0.15) is 39.5 Å². The van der Waals surface area contributed by atoms with Crippen LogP contribution >= 0.6 is 12.4 Å². The van der Waals surface area contributed by atoms with E-state index in [0.29, 0.717) is 23.3 Å². The molecule has 100 valence electrons. The van der Waals surface area contributed by atoms with E-state index in [4.69, 9.17) is 0 Å². The summed E-state index contributed by atoms with van der Waals surface area (Å²) in [5.41, 5.74) is 0.304. The molecular formula is C13H25ClN2O. The number of hydrogen-bond acceptors (Lipinski definition) is 2. The van der Waals surface area contributed by atoms with Crippen molar-refractivity contribution >= 4 is 18.3 Å². The second-order valence-electron chi connectivity index (χ2n) is 5.69. The van der Waals surface area contributed by atoms with Crippen LogP contribution in [0.15, 0.2) is 0 Å². The summed E-state index contributed by atoms with van der Waals surface area (Å²) in [5.74, 6) is 0.689. The third-order valence-electron chi connectivity index (χ3n) is 4.66. The van der Waals surface area contributed by atoms with Crippen molar-refractivity contribution in [2.24, 2.45) is 11.3 Å². The number of rotatable bonds is 3. The number of halogens is 1. The lowest BCUT2D eigenvalue weighted by Gasteiger charge is -2.32. The molecule has 2 atom stereocenters. The van der Waals surface area contributed by atoms with E-state index < -0.39 is 0 Å². The molecule has 2 fully saturated rings. The Morgan fingerprint density at radius 3 is 2.47 bits per heavy atom. The fourth-order valence-electron chi connectivity index (χ4n) is 2.80. The lowest BCUT2D eigenvalue weighted by molar-refractivity contribution is -0.134. The first-order chi connectivity index (χ1) is 7.58. The van der Waals surface area contributed by atoms with Gasteiger partial charge in [0.1, 0.15) is 0 Å². The van der Waals surface area contributed by atoms with Crippen molar-refractivity contribution in [2.45, 2.75) is 45.6 Å². The van der Waals surface area contributed by atoms with Crippen molar-refractivity contribution in [3.05, 3.63) is 0 Å². The van der Waals surface area contributed by atoms with Gasteiger partial charge in [0.2, 0.25) is 5.91 Å². The van der Waals surface area contributed by atoms with Gasteiger partial charge in [-0.2, -0.15) is 0 Å². The van der Waals surface area contributed by atoms with Gasteiger partial charge in [0.25, 0.3) is 0 Å². The van der Waals surface area contributed by atoms with E-state index >= 15 is 0 Å². The largest absolute Gasteiger partial charge is 0.342 e. The molecule has 0 radical (unpaired) electrons. The average molecular weight is 261 g/mol. The average Bonchev–Trinajstić information content (AvgIpc) is 3.02. The quantitative estimate of drug-likeness (QED) is 0.843. The SMILES string of the molecule is CCC1(C)CC1C(=O)N(C)C1CCNCC1.Cl. The summed E-state index contributed by atoms with van der Waals surface area (Å²) < 4.78 is 0. The zero-order chi connectivity index (χ0) is 11.8. The Labute approximate surface area is 111 Å². The summed E-state index contributed by atoms with van der Waals surface area (Å²) in [6.07, 6.45) is 4.44. The molecule has 17 heavy (non-hydrogen) atoms. The number of carbonyl (C=O) groups is 1. The highest BCUT2D eigenvalue weighted by Crippen LogP contribution is 2.55.